The highest BCUT2D eigenvalue weighted by molar-refractivity contribution is 9.10. The summed E-state index contributed by atoms with van der Waals surface area (Å²) in [5.74, 6) is -0.864. The van der Waals surface area contributed by atoms with Gasteiger partial charge in [-0.1, -0.05) is 29.8 Å². The number of rotatable bonds is 3. The summed E-state index contributed by atoms with van der Waals surface area (Å²) in [7, 11) is 0. The van der Waals surface area contributed by atoms with Crippen LogP contribution in [0.15, 0.2) is 40.9 Å². The minimum Gasteiger partial charge on any atom is -0.324 e. The molecular weight excluding hydrogens is 336 g/mol. The molecule has 0 saturated heterocycles. The van der Waals surface area contributed by atoms with Gasteiger partial charge in [0.15, 0.2) is 0 Å². The minimum absolute atomic E-state index is 0.0617. The van der Waals surface area contributed by atoms with E-state index in [1.54, 1.807) is 24.3 Å². The highest BCUT2D eigenvalue weighted by Gasteiger charge is 2.13. The van der Waals surface area contributed by atoms with Crippen molar-refractivity contribution in [1.29, 1.82) is 0 Å². The smallest absolute Gasteiger partial charge is 0.145 e. The third kappa shape index (κ3) is 3.32. The average Bonchev–Trinajstić information content (AvgIpc) is 2.38. The normalized spacial score (nSPS) is 12.5. The molecule has 2 rings (SSSR count). The van der Waals surface area contributed by atoms with Gasteiger partial charge in [-0.3, -0.25) is 0 Å². The molecule has 19 heavy (non-hydrogen) atoms. The van der Waals surface area contributed by atoms with Gasteiger partial charge in [0.1, 0.15) is 11.6 Å². The second-order valence-corrected chi connectivity index (χ2v) is 5.46. The Morgan fingerprint density at radius 1 is 1.21 bits per heavy atom. The second-order valence-electron chi connectivity index (χ2n) is 4.20. The van der Waals surface area contributed by atoms with Crippen molar-refractivity contribution in [3.05, 3.63) is 68.7 Å². The molecule has 0 aliphatic heterocycles. The highest BCUT2D eigenvalue weighted by Crippen LogP contribution is 2.25. The van der Waals surface area contributed by atoms with Crippen LogP contribution in [0.5, 0.6) is 0 Å². The lowest BCUT2D eigenvalue weighted by molar-refractivity contribution is 0.588. The van der Waals surface area contributed by atoms with Gasteiger partial charge in [-0.25, -0.2) is 8.78 Å². The monoisotopic (exact) mass is 345 g/mol. The Balaban J connectivity index is 2.23. The molecule has 1 unspecified atom stereocenters. The van der Waals surface area contributed by atoms with Crippen LogP contribution in [0, 0.1) is 11.6 Å². The first-order chi connectivity index (χ1) is 8.99. The van der Waals surface area contributed by atoms with Crippen molar-refractivity contribution >= 4 is 27.5 Å². The summed E-state index contributed by atoms with van der Waals surface area (Å²) in [5, 5.41) is 0.0617. The van der Waals surface area contributed by atoms with Gasteiger partial charge < -0.3 is 5.73 Å². The zero-order valence-corrected chi connectivity index (χ0v) is 12.2. The fraction of sp³-hybridized carbons (Fsp3) is 0.143. The third-order valence-corrected chi connectivity index (χ3v) is 3.78. The first-order valence-corrected chi connectivity index (χ1v) is 6.79. The summed E-state index contributed by atoms with van der Waals surface area (Å²) < 4.78 is 27.5. The van der Waals surface area contributed by atoms with Gasteiger partial charge in [0, 0.05) is 6.04 Å². The van der Waals surface area contributed by atoms with Crippen LogP contribution in [0.4, 0.5) is 8.78 Å². The first-order valence-electron chi connectivity index (χ1n) is 5.62. The molecule has 0 bridgehead atoms. The van der Waals surface area contributed by atoms with Gasteiger partial charge in [-0.05, 0) is 51.7 Å². The molecule has 2 aromatic rings. The molecule has 0 spiro atoms. The molecule has 0 amide bonds. The van der Waals surface area contributed by atoms with E-state index in [1.807, 2.05) is 0 Å². The van der Waals surface area contributed by atoms with Crippen molar-refractivity contribution in [2.75, 3.05) is 0 Å². The summed E-state index contributed by atoms with van der Waals surface area (Å²) in [6.07, 6.45) is 0.257. The van der Waals surface area contributed by atoms with Crippen LogP contribution in [0.3, 0.4) is 0 Å². The molecule has 5 heteroatoms. The fourth-order valence-electron chi connectivity index (χ4n) is 1.80. The van der Waals surface area contributed by atoms with E-state index in [4.69, 9.17) is 17.3 Å². The third-order valence-electron chi connectivity index (χ3n) is 2.84. The highest BCUT2D eigenvalue weighted by atomic mass is 79.9. The Morgan fingerprint density at radius 3 is 2.63 bits per heavy atom. The lowest BCUT2D eigenvalue weighted by Gasteiger charge is -2.13. The predicted octanol–water partition coefficient (Wildman–Crippen LogP) is 4.62. The molecular formula is C14H11BrClF2N. The van der Waals surface area contributed by atoms with E-state index in [-0.39, 0.29) is 17.3 Å². The summed E-state index contributed by atoms with van der Waals surface area (Å²) >= 11 is 8.78. The van der Waals surface area contributed by atoms with Crippen molar-refractivity contribution in [2.45, 2.75) is 12.5 Å². The van der Waals surface area contributed by atoms with Crippen LogP contribution in [0.25, 0.3) is 0 Å². The number of benzene rings is 2. The molecule has 1 atom stereocenters. The van der Waals surface area contributed by atoms with Crippen LogP contribution in [0.1, 0.15) is 17.2 Å². The zero-order valence-electron chi connectivity index (χ0n) is 9.84. The molecule has 1 nitrogen and oxygen atoms in total. The Kier molecular flexibility index (Phi) is 4.55. The van der Waals surface area contributed by atoms with Gasteiger partial charge in [-0.2, -0.15) is 0 Å². The average molecular weight is 347 g/mol. The molecule has 0 aromatic heterocycles. The van der Waals surface area contributed by atoms with Gasteiger partial charge in [0.25, 0.3) is 0 Å². The van der Waals surface area contributed by atoms with Crippen LogP contribution in [-0.2, 0) is 6.42 Å². The van der Waals surface area contributed by atoms with Gasteiger partial charge >= 0.3 is 0 Å². The van der Waals surface area contributed by atoms with Crippen LogP contribution in [-0.4, -0.2) is 0 Å². The molecule has 0 saturated carbocycles. The maximum Gasteiger partial charge on any atom is 0.145 e. The van der Waals surface area contributed by atoms with Gasteiger partial charge in [-0.15, -0.1) is 0 Å². The summed E-state index contributed by atoms with van der Waals surface area (Å²) in [6, 6.07) is 8.91. The van der Waals surface area contributed by atoms with E-state index in [0.717, 1.165) is 0 Å². The summed E-state index contributed by atoms with van der Waals surface area (Å²) in [5.41, 5.74) is 7.00. The molecule has 0 aliphatic carbocycles. The van der Waals surface area contributed by atoms with E-state index in [9.17, 15) is 8.78 Å². The van der Waals surface area contributed by atoms with E-state index < -0.39 is 11.9 Å². The van der Waals surface area contributed by atoms with Crippen molar-refractivity contribution in [3.8, 4) is 0 Å². The number of hydrogen-bond donors (Lipinski definition) is 1. The zero-order chi connectivity index (χ0) is 14.0. The van der Waals surface area contributed by atoms with Crippen molar-refractivity contribution in [1.82, 2.24) is 0 Å². The molecule has 0 aliphatic rings. The summed E-state index contributed by atoms with van der Waals surface area (Å²) in [6.45, 7) is 0. The molecule has 2 aromatic carbocycles. The second kappa shape index (κ2) is 5.99. The summed E-state index contributed by atoms with van der Waals surface area (Å²) in [4.78, 5) is 0. The number of halogens is 4. The van der Waals surface area contributed by atoms with Crippen LogP contribution >= 0.6 is 27.5 Å². The SMILES string of the molecule is NC(Cc1cccc(Cl)c1F)c1ccc(Br)c(F)c1. The van der Waals surface area contributed by atoms with E-state index >= 15 is 0 Å². The standard InChI is InChI=1S/C14H11BrClF2N/c15-10-5-4-8(6-12(10)17)13(19)7-9-2-1-3-11(16)14(9)18/h1-6,13H,7,19H2. The molecule has 0 radical (unpaired) electrons. The van der Waals surface area contributed by atoms with E-state index in [2.05, 4.69) is 15.9 Å². The number of nitrogens with two attached hydrogens (primary N) is 1. The first kappa shape index (κ1) is 14.4. The van der Waals surface area contributed by atoms with E-state index in [1.165, 1.54) is 12.1 Å². The van der Waals surface area contributed by atoms with Crippen LogP contribution in [0.2, 0.25) is 5.02 Å². The molecule has 0 fully saturated rings. The molecule has 100 valence electrons. The maximum atomic E-state index is 13.8. The molecule has 2 N–H and O–H groups in total. The van der Waals surface area contributed by atoms with Crippen molar-refractivity contribution < 1.29 is 8.78 Å². The predicted molar refractivity (Wildman–Crippen MR) is 76.1 cm³/mol. The Labute approximate surface area is 123 Å². The molecule has 0 heterocycles. The minimum atomic E-state index is -0.490. The lowest BCUT2D eigenvalue weighted by Crippen LogP contribution is -2.14. The topological polar surface area (TPSA) is 26.0 Å². The maximum absolute atomic E-state index is 13.8. The fourth-order valence-corrected chi connectivity index (χ4v) is 2.24. The number of hydrogen-bond acceptors (Lipinski definition) is 1. The quantitative estimate of drug-likeness (QED) is 0.862. The van der Waals surface area contributed by atoms with Gasteiger partial charge in [0.05, 0.1) is 9.50 Å². The van der Waals surface area contributed by atoms with Crippen LogP contribution < -0.4 is 5.73 Å². The van der Waals surface area contributed by atoms with Gasteiger partial charge in [0.2, 0.25) is 0 Å². The van der Waals surface area contributed by atoms with E-state index in [0.29, 0.717) is 15.6 Å². The lowest BCUT2D eigenvalue weighted by atomic mass is 9.99. The van der Waals surface area contributed by atoms with Crippen molar-refractivity contribution in [2.24, 2.45) is 5.73 Å². The largest absolute Gasteiger partial charge is 0.324 e. The Bertz CT molecular complexity index is 604. The Hall–Kier alpha value is -0.970. The van der Waals surface area contributed by atoms with Crippen molar-refractivity contribution in [3.63, 3.8) is 0 Å². The Morgan fingerprint density at radius 2 is 1.95 bits per heavy atom.